The van der Waals surface area contributed by atoms with Gasteiger partial charge in [0.25, 0.3) is 0 Å². The third-order valence-corrected chi connectivity index (χ3v) is 2.61. The number of hydrazone groups is 1. The van der Waals surface area contributed by atoms with Crippen LogP contribution in [0.2, 0.25) is 0 Å². The van der Waals surface area contributed by atoms with Gasteiger partial charge < -0.3 is 5.11 Å². The summed E-state index contributed by atoms with van der Waals surface area (Å²) in [7, 11) is 0. The van der Waals surface area contributed by atoms with Gasteiger partial charge in [0.2, 0.25) is 5.91 Å². The summed E-state index contributed by atoms with van der Waals surface area (Å²) in [5.74, 6) is 0.169. The van der Waals surface area contributed by atoms with Crippen molar-refractivity contribution in [2.75, 3.05) is 0 Å². The van der Waals surface area contributed by atoms with Crippen LogP contribution in [0.4, 0.5) is 0 Å². The Morgan fingerprint density at radius 2 is 1.94 bits per heavy atom. The highest BCUT2D eigenvalue weighted by Gasteiger charge is 2.03. The van der Waals surface area contributed by atoms with Crippen LogP contribution in [-0.4, -0.2) is 16.7 Å². The van der Waals surface area contributed by atoms with Crippen LogP contribution in [-0.2, 0) is 4.79 Å². The van der Waals surface area contributed by atoms with Crippen LogP contribution in [0.1, 0.15) is 45.1 Å². The van der Waals surface area contributed by atoms with Crippen LogP contribution >= 0.6 is 0 Å². The van der Waals surface area contributed by atoms with Gasteiger partial charge in [-0.05, 0) is 42.7 Å². The van der Waals surface area contributed by atoms with Crippen LogP contribution < -0.4 is 5.43 Å². The number of nitrogens with one attached hydrogen (secondary N) is 1. The molecule has 0 radical (unpaired) electrons. The SMILES string of the molecule is CCCCC(=O)N/N=C(\CC)c1ccc(O)cc1. The first-order valence-electron chi connectivity index (χ1n) is 6.32. The van der Waals surface area contributed by atoms with Gasteiger partial charge in [-0.15, -0.1) is 0 Å². The molecule has 0 unspecified atom stereocenters. The molecule has 98 valence electrons. The molecule has 0 fully saturated rings. The van der Waals surface area contributed by atoms with Crippen LogP contribution in [0.15, 0.2) is 29.4 Å². The Morgan fingerprint density at radius 1 is 1.28 bits per heavy atom. The van der Waals surface area contributed by atoms with Gasteiger partial charge in [0.05, 0.1) is 5.71 Å². The number of amides is 1. The number of phenolic OH excluding ortho intramolecular Hbond substituents is 1. The fourth-order valence-corrected chi connectivity index (χ4v) is 1.52. The van der Waals surface area contributed by atoms with Gasteiger partial charge in [-0.1, -0.05) is 20.3 Å². The summed E-state index contributed by atoms with van der Waals surface area (Å²) in [5, 5.41) is 13.3. The van der Waals surface area contributed by atoms with Gasteiger partial charge in [-0.3, -0.25) is 4.79 Å². The Bertz CT molecular complexity index is 410. The Hall–Kier alpha value is -1.84. The lowest BCUT2D eigenvalue weighted by molar-refractivity contribution is -0.121. The number of phenols is 1. The summed E-state index contributed by atoms with van der Waals surface area (Å²) >= 11 is 0. The predicted octanol–water partition coefficient (Wildman–Crippen LogP) is 2.81. The maximum Gasteiger partial charge on any atom is 0.240 e. The van der Waals surface area contributed by atoms with E-state index in [1.54, 1.807) is 24.3 Å². The van der Waals surface area contributed by atoms with Gasteiger partial charge in [0.1, 0.15) is 5.75 Å². The van der Waals surface area contributed by atoms with Gasteiger partial charge in [0, 0.05) is 6.42 Å². The quantitative estimate of drug-likeness (QED) is 0.600. The average Bonchev–Trinajstić information content (AvgIpc) is 2.39. The number of aromatic hydroxyl groups is 1. The summed E-state index contributed by atoms with van der Waals surface area (Å²) in [5.41, 5.74) is 4.28. The molecule has 0 aliphatic heterocycles. The van der Waals surface area contributed by atoms with Crippen LogP contribution in [0.5, 0.6) is 5.75 Å². The lowest BCUT2D eigenvalue weighted by Gasteiger charge is -2.05. The third kappa shape index (κ3) is 4.57. The summed E-state index contributed by atoms with van der Waals surface area (Å²) in [6.07, 6.45) is 3.10. The number of rotatable bonds is 6. The van der Waals surface area contributed by atoms with E-state index in [9.17, 15) is 9.90 Å². The topological polar surface area (TPSA) is 61.7 Å². The lowest BCUT2D eigenvalue weighted by atomic mass is 10.1. The Labute approximate surface area is 108 Å². The number of hydrogen-bond acceptors (Lipinski definition) is 3. The molecule has 0 saturated carbocycles. The highest BCUT2D eigenvalue weighted by molar-refractivity contribution is 6.00. The van der Waals surface area contributed by atoms with E-state index in [-0.39, 0.29) is 11.7 Å². The van der Waals surface area contributed by atoms with Crippen molar-refractivity contribution in [3.8, 4) is 5.75 Å². The van der Waals surface area contributed by atoms with Crippen LogP contribution in [0.25, 0.3) is 0 Å². The molecule has 1 amide bonds. The van der Waals surface area contributed by atoms with E-state index in [0.29, 0.717) is 6.42 Å². The number of hydrogen-bond donors (Lipinski definition) is 2. The molecule has 0 bridgehead atoms. The number of benzene rings is 1. The van der Waals surface area contributed by atoms with Crippen molar-refractivity contribution in [1.29, 1.82) is 0 Å². The Balaban J connectivity index is 2.65. The van der Waals surface area contributed by atoms with E-state index < -0.39 is 0 Å². The van der Waals surface area contributed by atoms with Gasteiger partial charge in [0.15, 0.2) is 0 Å². The molecule has 1 rings (SSSR count). The molecule has 0 aromatic heterocycles. The molecule has 0 spiro atoms. The Kier molecular flexibility index (Phi) is 5.91. The van der Waals surface area contributed by atoms with Crippen molar-refractivity contribution < 1.29 is 9.90 Å². The summed E-state index contributed by atoms with van der Waals surface area (Å²) < 4.78 is 0. The zero-order valence-corrected chi connectivity index (χ0v) is 10.9. The molecule has 0 heterocycles. The normalized spacial score (nSPS) is 11.3. The number of carbonyl (C=O) groups is 1. The van der Waals surface area contributed by atoms with E-state index in [1.165, 1.54) is 0 Å². The second-order valence-corrected chi connectivity index (χ2v) is 4.10. The molecule has 0 saturated heterocycles. The average molecular weight is 248 g/mol. The molecule has 4 heteroatoms. The highest BCUT2D eigenvalue weighted by Crippen LogP contribution is 2.11. The fraction of sp³-hybridized carbons (Fsp3) is 0.429. The summed E-state index contributed by atoms with van der Waals surface area (Å²) in [6, 6.07) is 6.80. The van der Waals surface area contributed by atoms with E-state index >= 15 is 0 Å². The molecule has 1 aromatic rings. The van der Waals surface area contributed by atoms with Crippen LogP contribution in [0.3, 0.4) is 0 Å². The van der Waals surface area contributed by atoms with E-state index in [2.05, 4.69) is 10.5 Å². The van der Waals surface area contributed by atoms with Crippen molar-refractivity contribution in [3.05, 3.63) is 29.8 Å². The number of unbranched alkanes of at least 4 members (excludes halogenated alkanes) is 1. The maximum atomic E-state index is 11.4. The predicted molar refractivity (Wildman–Crippen MR) is 72.6 cm³/mol. The molecule has 0 aliphatic rings. The third-order valence-electron chi connectivity index (χ3n) is 2.61. The fourth-order valence-electron chi connectivity index (χ4n) is 1.52. The Morgan fingerprint density at radius 3 is 2.50 bits per heavy atom. The molecule has 4 nitrogen and oxygen atoms in total. The van der Waals surface area contributed by atoms with Gasteiger partial charge in [-0.25, -0.2) is 5.43 Å². The first kappa shape index (κ1) is 14.2. The summed E-state index contributed by atoms with van der Waals surface area (Å²) in [6.45, 7) is 4.02. The van der Waals surface area contributed by atoms with Gasteiger partial charge in [-0.2, -0.15) is 5.10 Å². The minimum Gasteiger partial charge on any atom is -0.508 e. The highest BCUT2D eigenvalue weighted by atomic mass is 16.3. The molecule has 0 aliphatic carbocycles. The monoisotopic (exact) mass is 248 g/mol. The van der Waals surface area contributed by atoms with Gasteiger partial charge >= 0.3 is 0 Å². The smallest absolute Gasteiger partial charge is 0.240 e. The van der Waals surface area contributed by atoms with E-state index in [0.717, 1.165) is 30.5 Å². The first-order valence-corrected chi connectivity index (χ1v) is 6.32. The van der Waals surface area contributed by atoms with Crippen molar-refractivity contribution in [2.45, 2.75) is 39.5 Å². The molecule has 2 N–H and O–H groups in total. The van der Waals surface area contributed by atoms with Crippen molar-refractivity contribution in [2.24, 2.45) is 5.10 Å². The van der Waals surface area contributed by atoms with Crippen LogP contribution in [0, 0.1) is 0 Å². The van der Waals surface area contributed by atoms with Crippen molar-refractivity contribution >= 4 is 11.6 Å². The number of nitrogens with zero attached hydrogens (tertiary/aromatic N) is 1. The molecule has 0 atom stereocenters. The molecule has 18 heavy (non-hydrogen) atoms. The standard InChI is InChI=1S/C14H20N2O2/c1-3-5-6-14(18)16-15-13(4-2)11-7-9-12(17)10-8-11/h7-10,17H,3-6H2,1-2H3,(H,16,18)/b15-13+. The lowest BCUT2D eigenvalue weighted by Crippen LogP contribution is -2.19. The molecular weight excluding hydrogens is 228 g/mol. The minimum atomic E-state index is -0.0541. The van der Waals surface area contributed by atoms with Crippen molar-refractivity contribution in [3.63, 3.8) is 0 Å². The zero-order chi connectivity index (χ0) is 13.4. The minimum absolute atomic E-state index is 0.0541. The van der Waals surface area contributed by atoms with E-state index in [4.69, 9.17) is 0 Å². The molecule has 1 aromatic carbocycles. The largest absolute Gasteiger partial charge is 0.508 e. The maximum absolute atomic E-state index is 11.4. The molecular formula is C14H20N2O2. The first-order chi connectivity index (χ1) is 8.67. The number of carbonyl (C=O) groups excluding carboxylic acids is 1. The summed E-state index contributed by atoms with van der Waals surface area (Å²) in [4.78, 5) is 11.4. The van der Waals surface area contributed by atoms with Crippen molar-refractivity contribution in [1.82, 2.24) is 5.43 Å². The van der Waals surface area contributed by atoms with E-state index in [1.807, 2.05) is 13.8 Å². The second-order valence-electron chi connectivity index (χ2n) is 4.10. The second kappa shape index (κ2) is 7.48. The zero-order valence-electron chi connectivity index (χ0n) is 10.9.